The summed E-state index contributed by atoms with van der Waals surface area (Å²) >= 11 is 2.13. The molecule has 0 aliphatic carbocycles. The highest BCUT2D eigenvalue weighted by Crippen LogP contribution is 2.24. The molecule has 0 bridgehead atoms. The van der Waals surface area contributed by atoms with Crippen LogP contribution in [-0.2, 0) is 4.74 Å². The van der Waals surface area contributed by atoms with Gasteiger partial charge < -0.3 is 4.74 Å². The average molecular weight is 359 g/mol. The van der Waals surface area contributed by atoms with Gasteiger partial charge in [-0.3, -0.25) is 14.5 Å². The van der Waals surface area contributed by atoms with Gasteiger partial charge in [0.15, 0.2) is 0 Å². The number of imide groups is 1. The number of fused-ring (bicyclic) bond motifs is 1. The summed E-state index contributed by atoms with van der Waals surface area (Å²) in [5, 5.41) is 0. The van der Waals surface area contributed by atoms with Crippen LogP contribution in [0.5, 0.6) is 0 Å². The van der Waals surface area contributed by atoms with Crippen LogP contribution in [0.15, 0.2) is 18.2 Å². The fourth-order valence-electron chi connectivity index (χ4n) is 1.87. The van der Waals surface area contributed by atoms with Crippen LogP contribution in [0.3, 0.4) is 0 Å². The number of ether oxygens (including phenoxy) is 1. The van der Waals surface area contributed by atoms with Crippen LogP contribution >= 0.6 is 22.6 Å². The number of amides is 2. The second kappa shape index (κ2) is 5.79. The largest absolute Gasteiger partial charge is 0.380 e. The SMILES string of the molecule is CCCOCCN1C(=O)c2ccc(I)cc2C1=O. The van der Waals surface area contributed by atoms with E-state index in [1.165, 1.54) is 4.90 Å². The smallest absolute Gasteiger partial charge is 0.261 e. The van der Waals surface area contributed by atoms with E-state index < -0.39 is 0 Å². The highest BCUT2D eigenvalue weighted by atomic mass is 127. The van der Waals surface area contributed by atoms with Gasteiger partial charge in [0, 0.05) is 10.2 Å². The van der Waals surface area contributed by atoms with E-state index in [-0.39, 0.29) is 11.8 Å². The molecule has 4 nitrogen and oxygen atoms in total. The Labute approximate surface area is 119 Å². The lowest BCUT2D eigenvalue weighted by Gasteiger charge is -2.13. The van der Waals surface area contributed by atoms with Gasteiger partial charge in [0.05, 0.1) is 24.3 Å². The Bertz CT molecular complexity index is 487. The van der Waals surface area contributed by atoms with Crippen LogP contribution < -0.4 is 0 Å². The second-order valence-corrected chi connectivity index (χ2v) is 5.31. The summed E-state index contributed by atoms with van der Waals surface area (Å²) in [6, 6.07) is 5.30. The summed E-state index contributed by atoms with van der Waals surface area (Å²) in [4.78, 5) is 25.4. The molecule has 1 aromatic carbocycles. The second-order valence-electron chi connectivity index (χ2n) is 4.06. The van der Waals surface area contributed by atoms with Crippen molar-refractivity contribution in [1.82, 2.24) is 4.90 Å². The van der Waals surface area contributed by atoms with Crippen LogP contribution in [-0.4, -0.2) is 36.5 Å². The first-order valence-corrected chi connectivity index (χ1v) is 6.96. The number of carbonyl (C=O) groups is 2. The molecule has 0 saturated heterocycles. The van der Waals surface area contributed by atoms with Gasteiger partial charge in [-0.1, -0.05) is 6.92 Å². The zero-order chi connectivity index (χ0) is 13.1. The molecule has 0 fully saturated rings. The lowest BCUT2D eigenvalue weighted by Crippen LogP contribution is -2.33. The van der Waals surface area contributed by atoms with Gasteiger partial charge in [-0.25, -0.2) is 0 Å². The normalized spacial score (nSPS) is 14.2. The Morgan fingerprint density at radius 3 is 2.61 bits per heavy atom. The number of rotatable bonds is 5. The summed E-state index contributed by atoms with van der Waals surface area (Å²) in [5.41, 5.74) is 0.998. The molecule has 1 aliphatic heterocycles. The Balaban J connectivity index is 2.08. The van der Waals surface area contributed by atoms with Crippen molar-refractivity contribution >= 4 is 34.4 Å². The lowest BCUT2D eigenvalue weighted by atomic mass is 10.1. The molecule has 0 aromatic heterocycles. The van der Waals surface area contributed by atoms with E-state index in [9.17, 15) is 9.59 Å². The molecule has 0 atom stereocenters. The van der Waals surface area contributed by atoms with Crippen LogP contribution in [0.4, 0.5) is 0 Å². The standard InChI is InChI=1S/C13H14INO3/c1-2-6-18-7-5-15-12(16)10-4-3-9(14)8-11(10)13(15)17/h3-4,8H,2,5-7H2,1H3. The van der Waals surface area contributed by atoms with Crippen molar-refractivity contribution in [2.75, 3.05) is 19.8 Å². The predicted molar refractivity (Wildman–Crippen MR) is 75.6 cm³/mol. The topological polar surface area (TPSA) is 46.6 Å². The molecule has 1 heterocycles. The van der Waals surface area contributed by atoms with E-state index in [0.717, 1.165) is 9.99 Å². The molecular formula is C13H14INO3. The molecule has 2 rings (SSSR count). The molecule has 0 spiro atoms. The number of benzene rings is 1. The highest BCUT2D eigenvalue weighted by Gasteiger charge is 2.35. The van der Waals surface area contributed by atoms with Crippen molar-refractivity contribution in [2.45, 2.75) is 13.3 Å². The Kier molecular flexibility index (Phi) is 4.34. The molecule has 96 valence electrons. The number of nitrogens with zero attached hydrogens (tertiary/aromatic N) is 1. The molecule has 0 unspecified atom stereocenters. The summed E-state index contributed by atoms with van der Waals surface area (Å²) in [5.74, 6) is -0.430. The van der Waals surface area contributed by atoms with Crippen molar-refractivity contribution < 1.29 is 14.3 Å². The van der Waals surface area contributed by atoms with E-state index in [4.69, 9.17) is 4.74 Å². The highest BCUT2D eigenvalue weighted by molar-refractivity contribution is 14.1. The van der Waals surface area contributed by atoms with Crippen molar-refractivity contribution in [3.63, 3.8) is 0 Å². The van der Waals surface area contributed by atoms with E-state index >= 15 is 0 Å². The average Bonchev–Trinajstić information content (AvgIpc) is 2.59. The minimum absolute atomic E-state index is 0.214. The van der Waals surface area contributed by atoms with Crippen molar-refractivity contribution in [2.24, 2.45) is 0 Å². The Morgan fingerprint density at radius 1 is 1.17 bits per heavy atom. The number of carbonyl (C=O) groups excluding carboxylic acids is 2. The number of hydrogen-bond acceptors (Lipinski definition) is 3. The fraction of sp³-hybridized carbons (Fsp3) is 0.385. The minimum atomic E-state index is -0.216. The van der Waals surface area contributed by atoms with E-state index in [0.29, 0.717) is 30.9 Å². The van der Waals surface area contributed by atoms with E-state index in [1.807, 2.05) is 13.0 Å². The van der Waals surface area contributed by atoms with Crippen LogP contribution in [0.1, 0.15) is 34.1 Å². The van der Waals surface area contributed by atoms with Gasteiger partial charge in [-0.15, -0.1) is 0 Å². The molecule has 0 radical (unpaired) electrons. The first-order chi connectivity index (χ1) is 8.65. The van der Waals surface area contributed by atoms with Gasteiger partial charge >= 0.3 is 0 Å². The third-order valence-electron chi connectivity index (χ3n) is 2.74. The van der Waals surface area contributed by atoms with Gasteiger partial charge in [0.25, 0.3) is 11.8 Å². The van der Waals surface area contributed by atoms with Crippen LogP contribution in [0.2, 0.25) is 0 Å². The van der Waals surface area contributed by atoms with Gasteiger partial charge in [-0.05, 0) is 47.2 Å². The maximum absolute atomic E-state index is 12.1. The molecule has 0 saturated carbocycles. The van der Waals surface area contributed by atoms with Gasteiger partial charge in [-0.2, -0.15) is 0 Å². The summed E-state index contributed by atoms with van der Waals surface area (Å²) in [6.07, 6.45) is 0.931. The van der Waals surface area contributed by atoms with Crippen molar-refractivity contribution in [3.8, 4) is 0 Å². The first kappa shape index (κ1) is 13.5. The molecule has 1 aliphatic rings. The minimum Gasteiger partial charge on any atom is -0.380 e. The Hall–Kier alpha value is -0.950. The van der Waals surface area contributed by atoms with Crippen LogP contribution in [0.25, 0.3) is 0 Å². The quantitative estimate of drug-likeness (QED) is 0.461. The van der Waals surface area contributed by atoms with Crippen LogP contribution in [0, 0.1) is 3.57 Å². The monoisotopic (exact) mass is 359 g/mol. The fourth-order valence-corrected chi connectivity index (χ4v) is 2.36. The molecule has 5 heteroatoms. The summed E-state index contributed by atoms with van der Waals surface area (Å²) in [6.45, 7) is 3.39. The maximum Gasteiger partial charge on any atom is 0.261 e. The predicted octanol–water partition coefficient (Wildman–Crippen LogP) is 2.31. The van der Waals surface area contributed by atoms with Crippen molar-refractivity contribution in [1.29, 1.82) is 0 Å². The third-order valence-corrected chi connectivity index (χ3v) is 3.41. The number of halogens is 1. The molecule has 1 aromatic rings. The van der Waals surface area contributed by atoms with Gasteiger partial charge in [0.2, 0.25) is 0 Å². The van der Waals surface area contributed by atoms with E-state index in [1.54, 1.807) is 12.1 Å². The molecular weight excluding hydrogens is 345 g/mol. The maximum atomic E-state index is 12.1. The van der Waals surface area contributed by atoms with Gasteiger partial charge in [0.1, 0.15) is 0 Å². The molecule has 2 amide bonds. The molecule has 0 N–H and O–H groups in total. The third kappa shape index (κ3) is 2.56. The lowest BCUT2D eigenvalue weighted by molar-refractivity contribution is 0.0564. The zero-order valence-corrected chi connectivity index (χ0v) is 12.3. The van der Waals surface area contributed by atoms with E-state index in [2.05, 4.69) is 22.6 Å². The summed E-state index contributed by atoms with van der Waals surface area (Å²) in [7, 11) is 0. The zero-order valence-electron chi connectivity index (χ0n) is 10.1. The Morgan fingerprint density at radius 2 is 1.89 bits per heavy atom. The molecule has 18 heavy (non-hydrogen) atoms. The first-order valence-electron chi connectivity index (χ1n) is 5.88. The summed E-state index contributed by atoms with van der Waals surface area (Å²) < 4.78 is 6.27. The van der Waals surface area contributed by atoms with Crippen molar-refractivity contribution in [3.05, 3.63) is 32.9 Å². The number of hydrogen-bond donors (Lipinski definition) is 0.